The molecule has 0 fully saturated rings. The van der Waals surface area contributed by atoms with E-state index in [1.54, 1.807) is 43.3 Å². The Morgan fingerprint density at radius 3 is 2.67 bits per heavy atom. The lowest BCUT2D eigenvalue weighted by Gasteiger charge is -2.10. The van der Waals surface area contributed by atoms with Crippen molar-refractivity contribution in [1.82, 2.24) is 0 Å². The van der Waals surface area contributed by atoms with E-state index in [4.69, 9.17) is 9.84 Å². The molecule has 0 atom stereocenters. The lowest BCUT2D eigenvalue weighted by molar-refractivity contribution is 0.281. The van der Waals surface area contributed by atoms with Crippen molar-refractivity contribution in [2.24, 2.45) is 0 Å². The molecule has 18 heavy (non-hydrogen) atoms. The second kappa shape index (κ2) is 5.50. The monoisotopic (exact) mass is 310 g/mol. The summed E-state index contributed by atoms with van der Waals surface area (Å²) < 4.78 is 20.0. The van der Waals surface area contributed by atoms with E-state index >= 15 is 0 Å². The van der Waals surface area contributed by atoms with E-state index in [9.17, 15) is 4.39 Å². The molecule has 0 heterocycles. The second-order valence-corrected chi connectivity index (χ2v) is 4.77. The van der Waals surface area contributed by atoms with Gasteiger partial charge in [0.2, 0.25) is 0 Å². The molecule has 1 N–H and O–H groups in total. The fourth-order valence-electron chi connectivity index (χ4n) is 1.54. The van der Waals surface area contributed by atoms with Crippen molar-refractivity contribution in [2.45, 2.75) is 13.5 Å². The zero-order chi connectivity index (χ0) is 13.1. The summed E-state index contributed by atoms with van der Waals surface area (Å²) in [7, 11) is 0. The molecule has 0 aromatic heterocycles. The minimum atomic E-state index is -0.365. The highest BCUT2D eigenvalue weighted by Gasteiger charge is 2.09. The van der Waals surface area contributed by atoms with E-state index in [0.717, 1.165) is 5.56 Å². The van der Waals surface area contributed by atoms with Gasteiger partial charge in [-0.05, 0) is 52.2 Å². The fourth-order valence-corrected chi connectivity index (χ4v) is 2.05. The summed E-state index contributed by atoms with van der Waals surface area (Å²) in [6.45, 7) is 1.64. The smallest absolute Gasteiger partial charge is 0.168 e. The van der Waals surface area contributed by atoms with Crippen LogP contribution in [0.3, 0.4) is 0 Å². The van der Waals surface area contributed by atoms with Crippen LogP contribution >= 0.6 is 15.9 Å². The van der Waals surface area contributed by atoms with Gasteiger partial charge in [-0.25, -0.2) is 4.39 Å². The molecule has 0 saturated carbocycles. The third kappa shape index (κ3) is 2.71. The molecule has 94 valence electrons. The fraction of sp³-hybridized carbons (Fsp3) is 0.143. The molecule has 0 aliphatic carbocycles. The third-order valence-electron chi connectivity index (χ3n) is 2.56. The predicted molar refractivity (Wildman–Crippen MR) is 71.3 cm³/mol. The summed E-state index contributed by atoms with van der Waals surface area (Å²) in [5.74, 6) is 0.333. The second-order valence-electron chi connectivity index (χ2n) is 3.91. The maximum atomic E-state index is 13.8. The van der Waals surface area contributed by atoms with Crippen LogP contribution in [0, 0.1) is 12.7 Å². The number of aliphatic hydroxyl groups is 1. The van der Waals surface area contributed by atoms with E-state index in [-0.39, 0.29) is 18.2 Å². The number of rotatable bonds is 3. The Bertz CT molecular complexity index is 570. The van der Waals surface area contributed by atoms with E-state index in [0.29, 0.717) is 15.8 Å². The van der Waals surface area contributed by atoms with Crippen LogP contribution in [0.4, 0.5) is 4.39 Å². The van der Waals surface area contributed by atoms with Crippen molar-refractivity contribution >= 4 is 15.9 Å². The molecule has 4 heteroatoms. The summed E-state index contributed by atoms with van der Waals surface area (Å²) in [5.41, 5.74) is 1.30. The average Bonchev–Trinajstić information content (AvgIpc) is 2.37. The summed E-state index contributed by atoms with van der Waals surface area (Å²) in [5, 5.41) is 9.00. The number of halogens is 2. The molecular formula is C14H12BrFO2. The van der Waals surface area contributed by atoms with Crippen LogP contribution in [0.15, 0.2) is 40.9 Å². The molecule has 0 amide bonds. The highest BCUT2D eigenvalue weighted by Crippen LogP contribution is 2.32. The Hall–Kier alpha value is -1.39. The van der Waals surface area contributed by atoms with Gasteiger partial charge in [-0.3, -0.25) is 0 Å². The van der Waals surface area contributed by atoms with Crippen molar-refractivity contribution in [2.75, 3.05) is 0 Å². The molecular weight excluding hydrogens is 299 g/mol. The first-order chi connectivity index (χ1) is 8.61. The van der Waals surface area contributed by atoms with Gasteiger partial charge in [0.1, 0.15) is 5.75 Å². The molecule has 0 aliphatic rings. The number of hydrogen-bond donors (Lipinski definition) is 1. The van der Waals surface area contributed by atoms with Gasteiger partial charge < -0.3 is 9.84 Å². The Kier molecular flexibility index (Phi) is 3.99. The van der Waals surface area contributed by atoms with Crippen molar-refractivity contribution in [3.8, 4) is 11.5 Å². The Balaban J connectivity index is 2.31. The lowest BCUT2D eigenvalue weighted by atomic mass is 10.2. The first-order valence-electron chi connectivity index (χ1n) is 5.44. The molecule has 0 unspecified atom stereocenters. The molecule has 0 spiro atoms. The minimum absolute atomic E-state index is 0.0440. The Morgan fingerprint density at radius 2 is 2.00 bits per heavy atom. The average molecular weight is 311 g/mol. The molecule has 2 aromatic rings. The molecule has 2 nitrogen and oxygen atoms in total. The predicted octanol–water partition coefficient (Wildman–Crippen LogP) is 4.18. The van der Waals surface area contributed by atoms with E-state index in [1.165, 1.54) is 0 Å². The van der Waals surface area contributed by atoms with Gasteiger partial charge in [0.25, 0.3) is 0 Å². The van der Waals surface area contributed by atoms with Gasteiger partial charge in [0.15, 0.2) is 11.6 Å². The Morgan fingerprint density at radius 1 is 1.22 bits per heavy atom. The van der Waals surface area contributed by atoms with Gasteiger partial charge in [0.05, 0.1) is 11.1 Å². The Labute approximate surface area is 113 Å². The van der Waals surface area contributed by atoms with Crippen LogP contribution in [0.5, 0.6) is 11.5 Å². The van der Waals surface area contributed by atoms with Crippen LogP contribution in [0.25, 0.3) is 0 Å². The van der Waals surface area contributed by atoms with Crippen LogP contribution in [0.2, 0.25) is 0 Å². The molecule has 0 radical (unpaired) electrons. The van der Waals surface area contributed by atoms with Crippen molar-refractivity contribution in [3.05, 3.63) is 57.8 Å². The quantitative estimate of drug-likeness (QED) is 0.921. The largest absolute Gasteiger partial charge is 0.453 e. The van der Waals surface area contributed by atoms with Gasteiger partial charge in [-0.2, -0.15) is 0 Å². The van der Waals surface area contributed by atoms with Crippen LogP contribution in [-0.2, 0) is 6.61 Å². The summed E-state index contributed by atoms with van der Waals surface area (Å²) in [6, 6.07) is 10.2. The van der Waals surface area contributed by atoms with Gasteiger partial charge in [-0.1, -0.05) is 18.2 Å². The molecule has 0 bridgehead atoms. The molecule has 2 rings (SSSR count). The third-order valence-corrected chi connectivity index (χ3v) is 3.17. The lowest BCUT2D eigenvalue weighted by Crippen LogP contribution is -1.92. The number of benzene rings is 2. The molecule has 0 aliphatic heterocycles. The summed E-state index contributed by atoms with van der Waals surface area (Å²) in [6.07, 6.45) is 0. The topological polar surface area (TPSA) is 29.5 Å². The number of aryl methyl sites for hydroxylation is 1. The maximum Gasteiger partial charge on any atom is 0.168 e. The highest BCUT2D eigenvalue weighted by atomic mass is 79.9. The first kappa shape index (κ1) is 13.1. The number of ether oxygens (including phenoxy) is 1. The maximum absolute atomic E-state index is 13.8. The van der Waals surface area contributed by atoms with E-state index in [2.05, 4.69) is 15.9 Å². The normalized spacial score (nSPS) is 10.4. The van der Waals surface area contributed by atoms with Crippen LogP contribution < -0.4 is 4.74 Å². The van der Waals surface area contributed by atoms with Gasteiger partial charge >= 0.3 is 0 Å². The van der Waals surface area contributed by atoms with Crippen molar-refractivity contribution in [1.29, 1.82) is 0 Å². The van der Waals surface area contributed by atoms with E-state index in [1.807, 2.05) is 0 Å². The van der Waals surface area contributed by atoms with Gasteiger partial charge in [-0.15, -0.1) is 0 Å². The standard InChI is InChI=1S/C14H12BrFO2/c1-9-3-2-4-13(14(9)16)18-12-6-5-10(8-17)7-11(12)15/h2-7,17H,8H2,1H3. The highest BCUT2D eigenvalue weighted by molar-refractivity contribution is 9.10. The summed E-state index contributed by atoms with van der Waals surface area (Å²) in [4.78, 5) is 0. The zero-order valence-corrected chi connectivity index (χ0v) is 11.4. The first-order valence-corrected chi connectivity index (χ1v) is 6.23. The van der Waals surface area contributed by atoms with Crippen LogP contribution in [0.1, 0.15) is 11.1 Å². The SMILES string of the molecule is Cc1cccc(Oc2ccc(CO)cc2Br)c1F. The molecule has 0 saturated heterocycles. The van der Waals surface area contributed by atoms with E-state index < -0.39 is 0 Å². The van der Waals surface area contributed by atoms with Crippen molar-refractivity contribution < 1.29 is 14.2 Å². The molecule has 2 aromatic carbocycles. The summed E-state index contributed by atoms with van der Waals surface area (Å²) >= 11 is 3.33. The number of aliphatic hydroxyl groups excluding tert-OH is 1. The van der Waals surface area contributed by atoms with Gasteiger partial charge in [0, 0.05) is 0 Å². The van der Waals surface area contributed by atoms with Crippen molar-refractivity contribution in [3.63, 3.8) is 0 Å². The van der Waals surface area contributed by atoms with Crippen LogP contribution in [-0.4, -0.2) is 5.11 Å². The minimum Gasteiger partial charge on any atom is -0.453 e. The zero-order valence-electron chi connectivity index (χ0n) is 9.78. The number of hydrogen-bond acceptors (Lipinski definition) is 2.